The molecule has 1 heteroatoms. The fourth-order valence-corrected chi connectivity index (χ4v) is 15.2. The summed E-state index contributed by atoms with van der Waals surface area (Å²) in [6.45, 7) is 28.1. The lowest BCUT2D eigenvalue weighted by Crippen LogP contribution is -2.46. The van der Waals surface area contributed by atoms with E-state index in [1.165, 1.54) is 6.42 Å². The van der Waals surface area contributed by atoms with E-state index in [1.54, 1.807) is 22.3 Å². The number of hydrogen-bond acceptors (Lipinski definition) is 0. The van der Waals surface area contributed by atoms with E-state index in [-0.39, 0.29) is 0 Å². The van der Waals surface area contributed by atoms with E-state index < -0.39 is 8.07 Å². The van der Waals surface area contributed by atoms with Crippen LogP contribution in [0.5, 0.6) is 0 Å². The maximum absolute atomic E-state index is 2.78. The maximum atomic E-state index is 2.78. The van der Waals surface area contributed by atoms with Crippen molar-refractivity contribution in [3.63, 3.8) is 0 Å². The second-order valence-electron chi connectivity index (χ2n) is 11.3. The normalized spacial score (nSPS) is 47.0. The van der Waals surface area contributed by atoms with Gasteiger partial charge in [0.05, 0.1) is 8.07 Å². The van der Waals surface area contributed by atoms with Crippen molar-refractivity contribution in [1.82, 2.24) is 0 Å². The number of fused-ring (bicyclic) bond motifs is 1. The highest BCUT2D eigenvalue weighted by Gasteiger charge is 2.59. The molecule has 2 saturated carbocycles. The van der Waals surface area contributed by atoms with E-state index in [0.717, 1.165) is 52.5 Å². The van der Waals surface area contributed by atoms with Gasteiger partial charge in [-0.1, -0.05) is 58.9 Å². The van der Waals surface area contributed by atoms with Crippen LogP contribution >= 0.6 is 0 Å². The Kier molecular flexibility index (Phi) is 5.22. The molecule has 0 spiro atoms. The molecule has 0 saturated heterocycles. The predicted molar refractivity (Wildman–Crippen MR) is 119 cm³/mol. The third-order valence-electron chi connectivity index (χ3n) is 10.0. The van der Waals surface area contributed by atoms with Crippen molar-refractivity contribution in [2.45, 2.75) is 92.9 Å². The van der Waals surface area contributed by atoms with Gasteiger partial charge in [0, 0.05) is 0 Å². The zero-order chi connectivity index (χ0) is 19.7. The summed E-state index contributed by atoms with van der Waals surface area (Å²) in [5, 5.41) is 0. The van der Waals surface area contributed by atoms with Gasteiger partial charge in [0.25, 0.3) is 0 Å². The Labute approximate surface area is 164 Å². The quantitative estimate of drug-likeness (QED) is 0.431. The predicted octanol–water partition coefficient (Wildman–Crippen LogP) is 7.95. The molecule has 9 unspecified atom stereocenters. The van der Waals surface area contributed by atoms with Crippen LogP contribution in [0.15, 0.2) is 22.3 Å². The van der Waals surface area contributed by atoms with Crippen molar-refractivity contribution in [3.8, 4) is 0 Å². The molecule has 0 aliphatic heterocycles. The SMILES string of the molecule is CC1=C(C)C2C(C)C(C)C([Si](C)(C)C3C(C)CC(C)C3C)C2C(C)=C1C. The average molecular weight is 373 g/mol. The number of allylic oxidation sites excluding steroid dienone is 4. The first-order valence-corrected chi connectivity index (χ1v) is 14.4. The Morgan fingerprint density at radius 3 is 1.58 bits per heavy atom. The summed E-state index contributed by atoms with van der Waals surface area (Å²) in [6.07, 6.45) is 1.46. The van der Waals surface area contributed by atoms with Crippen molar-refractivity contribution >= 4 is 8.07 Å². The minimum absolute atomic E-state index is 0.801. The monoisotopic (exact) mass is 372 g/mol. The van der Waals surface area contributed by atoms with E-state index >= 15 is 0 Å². The summed E-state index contributed by atoms with van der Waals surface area (Å²) in [4.78, 5) is 0. The minimum atomic E-state index is -1.40. The van der Waals surface area contributed by atoms with Crippen LogP contribution in [0.4, 0.5) is 0 Å². The van der Waals surface area contributed by atoms with Gasteiger partial charge in [-0.2, -0.15) is 0 Å². The van der Waals surface area contributed by atoms with Gasteiger partial charge in [-0.3, -0.25) is 0 Å². The third-order valence-corrected chi connectivity index (χ3v) is 15.4. The van der Waals surface area contributed by atoms with Crippen molar-refractivity contribution in [3.05, 3.63) is 22.3 Å². The molecule has 148 valence electrons. The van der Waals surface area contributed by atoms with Gasteiger partial charge in [0.1, 0.15) is 0 Å². The zero-order valence-electron chi connectivity index (χ0n) is 19.4. The summed E-state index contributed by atoms with van der Waals surface area (Å²) < 4.78 is 0. The summed E-state index contributed by atoms with van der Waals surface area (Å²) in [5.41, 5.74) is 8.61. The molecule has 2 fully saturated rings. The van der Waals surface area contributed by atoms with Crippen LogP contribution in [0, 0.1) is 41.4 Å². The van der Waals surface area contributed by atoms with E-state index in [1.807, 2.05) is 0 Å². The second-order valence-corrected chi connectivity index (χ2v) is 16.3. The molecule has 0 bridgehead atoms. The smallest absolute Gasteiger partial charge is 0.0550 e. The molecular formula is C25H44Si. The van der Waals surface area contributed by atoms with Crippen LogP contribution < -0.4 is 0 Å². The molecule has 3 aliphatic rings. The topological polar surface area (TPSA) is 0 Å². The van der Waals surface area contributed by atoms with Gasteiger partial charge in [0.2, 0.25) is 0 Å². The fourth-order valence-electron chi connectivity index (χ4n) is 8.42. The molecule has 0 amide bonds. The molecule has 0 heterocycles. The first kappa shape index (κ1) is 20.4. The van der Waals surface area contributed by atoms with Crippen LogP contribution in [-0.2, 0) is 0 Å². The van der Waals surface area contributed by atoms with Crippen molar-refractivity contribution in [2.75, 3.05) is 0 Å². The van der Waals surface area contributed by atoms with Crippen LogP contribution in [0.3, 0.4) is 0 Å². The molecule has 0 radical (unpaired) electrons. The van der Waals surface area contributed by atoms with Gasteiger partial charge in [-0.25, -0.2) is 0 Å². The highest BCUT2D eigenvalue weighted by molar-refractivity contribution is 6.80. The molecule has 3 rings (SSSR count). The maximum Gasteiger partial charge on any atom is 0.0550 e. The average Bonchev–Trinajstić information content (AvgIpc) is 2.97. The Hall–Kier alpha value is -0.303. The lowest BCUT2D eigenvalue weighted by molar-refractivity contribution is 0.370. The fraction of sp³-hybridized carbons (Fsp3) is 0.840. The Bertz CT molecular complexity index is 637. The summed E-state index contributed by atoms with van der Waals surface area (Å²) >= 11 is 0. The zero-order valence-corrected chi connectivity index (χ0v) is 20.4. The molecule has 0 N–H and O–H groups in total. The lowest BCUT2D eigenvalue weighted by atomic mass is 9.72. The second kappa shape index (κ2) is 6.64. The molecule has 0 aromatic rings. The molecule has 9 atom stereocenters. The van der Waals surface area contributed by atoms with Gasteiger partial charge in [0.15, 0.2) is 0 Å². The van der Waals surface area contributed by atoms with Gasteiger partial charge < -0.3 is 0 Å². The highest BCUT2D eigenvalue weighted by atomic mass is 28.3. The van der Waals surface area contributed by atoms with Gasteiger partial charge in [-0.15, -0.1) is 0 Å². The van der Waals surface area contributed by atoms with Gasteiger partial charge >= 0.3 is 0 Å². The van der Waals surface area contributed by atoms with Crippen molar-refractivity contribution in [1.29, 1.82) is 0 Å². The Morgan fingerprint density at radius 1 is 0.615 bits per heavy atom. The molecule has 0 aromatic carbocycles. The van der Waals surface area contributed by atoms with E-state index in [9.17, 15) is 0 Å². The molecule has 3 aliphatic carbocycles. The third kappa shape index (κ3) is 2.66. The van der Waals surface area contributed by atoms with Gasteiger partial charge in [-0.05, 0) is 97.8 Å². The van der Waals surface area contributed by atoms with Crippen molar-refractivity contribution < 1.29 is 0 Å². The largest absolute Gasteiger partial charge is 0.0689 e. The molecule has 0 nitrogen and oxygen atoms in total. The molecule has 26 heavy (non-hydrogen) atoms. The van der Waals surface area contributed by atoms with Crippen molar-refractivity contribution in [2.24, 2.45) is 41.4 Å². The molecular weight excluding hydrogens is 328 g/mol. The van der Waals surface area contributed by atoms with Crippen LogP contribution in [-0.4, -0.2) is 8.07 Å². The van der Waals surface area contributed by atoms with E-state index in [0.29, 0.717) is 0 Å². The number of hydrogen-bond donors (Lipinski definition) is 0. The first-order valence-electron chi connectivity index (χ1n) is 11.3. The highest BCUT2D eigenvalue weighted by Crippen LogP contribution is 2.65. The van der Waals surface area contributed by atoms with E-state index in [2.05, 4.69) is 75.4 Å². The first-order chi connectivity index (χ1) is 11.9. The Balaban J connectivity index is 2.08. The van der Waals surface area contributed by atoms with E-state index in [4.69, 9.17) is 0 Å². The Morgan fingerprint density at radius 2 is 1.12 bits per heavy atom. The lowest BCUT2D eigenvalue weighted by Gasteiger charge is -2.47. The summed E-state index contributed by atoms with van der Waals surface area (Å²) in [7, 11) is -1.40. The van der Waals surface area contributed by atoms with Crippen LogP contribution in [0.25, 0.3) is 0 Å². The summed E-state index contributed by atoms with van der Waals surface area (Å²) in [6, 6.07) is 0. The van der Waals surface area contributed by atoms with Crippen LogP contribution in [0.2, 0.25) is 24.2 Å². The standard InChI is InChI=1S/C25H44Si/c1-13-12-14(2)24(15(13)3)26(10,11)25-21(9)20(8)22-18(6)16(4)17(5)19(7)23(22)25/h13-15,20-25H,12H2,1-11H3. The minimum Gasteiger partial charge on any atom is -0.0689 e. The summed E-state index contributed by atoms with van der Waals surface area (Å²) in [5.74, 6) is 6.08. The number of rotatable bonds is 2. The van der Waals surface area contributed by atoms with Crippen LogP contribution in [0.1, 0.15) is 68.7 Å². The molecule has 0 aromatic heterocycles.